The van der Waals surface area contributed by atoms with Crippen molar-refractivity contribution < 1.29 is 4.52 Å². The molecule has 2 aromatic heterocycles. The molecule has 19 heavy (non-hydrogen) atoms. The summed E-state index contributed by atoms with van der Waals surface area (Å²) in [5.74, 6) is 1.03. The lowest BCUT2D eigenvalue weighted by atomic mass is 9.77. The second kappa shape index (κ2) is 5.46. The average molecular weight is 280 g/mol. The van der Waals surface area contributed by atoms with Gasteiger partial charge in [-0.25, -0.2) is 0 Å². The molecule has 0 aromatic carbocycles. The first-order chi connectivity index (χ1) is 8.76. The quantitative estimate of drug-likeness (QED) is 0.921. The largest absolute Gasteiger partial charge is 0.335 e. The fourth-order valence-electron chi connectivity index (χ4n) is 1.84. The number of nitrogens with two attached hydrogens (primary N) is 1. The summed E-state index contributed by atoms with van der Waals surface area (Å²) in [6.45, 7) is 0. The first-order valence-corrected chi connectivity index (χ1v) is 5.83. The molecule has 0 unspecified atom stereocenters. The summed E-state index contributed by atoms with van der Waals surface area (Å²) in [4.78, 5) is 12.4. The molecule has 100 valence electrons. The van der Waals surface area contributed by atoms with Crippen LogP contribution in [-0.2, 0) is 5.54 Å². The van der Waals surface area contributed by atoms with Crippen molar-refractivity contribution in [3.8, 4) is 0 Å². The van der Waals surface area contributed by atoms with Crippen molar-refractivity contribution in [3.63, 3.8) is 0 Å². The number of hydrogen-bond acceptors (Lipinski definition) is 6. The van der Waals surface area contributed by atoms with Crippen LogP contribution in [-0.4, -0.2) is 20.1 Å². The lowest BCUT2D eigenvalue weighted by Gasteiger charge is -2.34. The molecule has 0 radical (unpaired) electrons. The van der Waals surface area contributed by atoms with Gasteiger partial charge in [-0.2, -0.15) is 4.98 Å². The molecular weight excluding hydrogens is 266 g/mol. The van der Waals surface area contributed by atoms with E-state index in [1.165, 1.54) is 0 Å². The summed E-state index contributed by atoms with van der Waals surface area (Å²) in [5, 5.41) is 3.92. The molecule has 1 aliphatic rings. The SMILES string of the molecule is Cl.NC1(c2noc(/C=C/c3cnccn3)n2)CCC1. The summed E-state index contributed by atoms with van der Waals surface area (Å²) in [7, 11) is 0. The summed E-state index contributed by atoms with van der Waals surface area (Å²) >= 11 is 0. The molecule has 7 heteroatoms. The highest BCUT2D eigenvalue weighted by Gasteiger charge is 2.38. The molecule has 0 saturated heterocycles. The Balaban J connectivity index is 0.00000133. The molecule has 2 heterocycles. The Morgan fingerprint density at radius 3 is 2.74 bits per heavy atom. The predicted molar refractivity (Wildman–Crippen MR) is 72.2 cm³/mol. The Labute approximate surface area is 116 Å². The topological polar surface area (TPSA) is 90.7 Å². The van der Waals surface area contributed by atoms with Gasteiger partial charge in [0.25, 0.3) is 5.89 Å². The van der Waals surface area contributed by atoms with Crippen molar-refractivity contribution in [2.75, 3.05) is 0 Å². The Kier molecular flexibility index (Phi) is 3.92. The van der Waals surface area contributed by atoms with Crippen LogP contribution in [0.1, 0.15) is 36.7 Å². The molecule has 2 aromatic rings. The smallest absolute Gasteiger partial charge is 0.250 e. The maximum Gasteiger partial charge on any atom is 0.250 e. The van der Waals surface area contributed by atoms with Crippen molar-refractivity contribution in [2.45, 2.75) is 24.8 Å². The molecule has 6 nitrogen and oxygen atoms in total. The minimum Gasteiger partial charge on any atom is -0.335 e. The summed E-state index contributed by atoms with van der Waals surface area (Å²) < 4.78 is 5.13. The highest BCUT2D eigenvalue weighted by molar-refractivity contribution is 5.85. The third-order valence-corrected chi connectivity index (χ3v) is 3.11. The predicted octanol–water partition coefficient (Wildman–Crippen LogP) is 1.79. The molecule has 1 fully saturated rings. The standard InChI is InChI=1S/C12H13N5O.ClH/c13-12(4-1-5-12)11-16-10(18-17-11)3-2-9-8-14-6-7-15-9;/h2-3,6-8H,1,4-5,13H2;1H/b3-2+;. The van der Waals surface area contributed by atoms with E-state index in [1.807, 2.05) is 0 Å². The molecule has 2 N–H and O–H groups in total. The lowest BCUT2D eigenvalue weighted by molar-refractivity contribution is 0.229. The summed E-state index contributed by atoms with van der Waals surface area (Å²) in [6.07, 6.45) is 11.3. The Morgan fingerprint density at radius 1 is 1.26 bits per heavy atom. The van der Waals surface area contributed by atoms with Gasteiger partial charge in [-0.3, -0.25) is 9.97 Å². The average Bonchev–Trinajstić information content (AvgIpc) is 2.84. The van der Waals surface area contributed by atoms with Gasteiger partial charge < -0.3 is 10.3 Å². The third-order valence-electron chi connectivity index (χ3n) is 3.11. The number of halogens is 1. The van der Waals surface area contributed by atoms with Gasteiger partial charge in [-0.05, 0) is 25.3 Å². The molecule has 0 spiro atoms. The monoisotopic (exact) mass is 279 g/mol. The highest BCUT2D eigenvalue weighted by atomic mass is 35.5. The maximum atomic E-state index is 6.11. The van der Waals surface area contributed by atoms with E-state index in [1.54, 1.807) is 30.7 Å². The van der Waals surface area contributed by atoms with Gasteiger partial charge in [-0.15, -0.1) is 12.4 Å². The molecule has 0 aliphatic heterocycles. The second-order valence-corrected chi connectivity index (χ2v) is 4.43. The molecule has 0 amide bonds. The highest BCUT2D eigenvalue weighted by Crippen LogP contribution is 2.36. The molecule has 1 aliphatic carbocycles. The molecule has 3 rings (SSSR count). The number of nitrogens with zero attached hydrogens (tertiary/aromatic N) is 4. The van der Waals surface area contributed by atoms with Crippen LogP contribution in [0.25, 0.3) is 12.2 Å². The Bertz CT molecular complexity index is 565. The Morgan fingerprint density at radius 2 is 2.11 bits per heavy atom. The Hall–Kier alpha value is -1.79. The van der Waals surface area contributed by atoms with Gasteiger partial charge in [0.2, 0.25) is 0 Å². The molecular formula is C12H14ClN5O. The van der Waals surface area contributed by atoms with Crippen LogP contribution < -0.4 is 5.73 Å². The van der Waals surface area contributed by atoms with Gasteiger partial charge in [0.05, 0.1) is 17.4 Å². The van der Waals surface area contributed by atoms with E-state index in [0.29, 0.717) is 11.7 Å². The fourth-order valence-corrected chi connectivity index (χ4v) is 1.84. The minimum absolute atomic E-state index is 0. The zero-order valence-corrected chi connectivity index (χ0v) is 11.0. The zero-order valence-electron chi connectivity index (χ0n) is 10.2. The lowest BCUT2D eigenvalue weighted by Crippen LogP contribution is -2.44. The van der Waals surface area contributed by atoms with Crippen LogP contribution in [0, 0.1) is 0 Å². The number of rotatable bonds is 3. The van der Waals surface area contributed by atoms with Crippen LogP contribution in [0.2, 0.25) is 0 Å². The van der Waals surface area contributed by atoms with E-state index in [0.717, 1.165) is 25.0 Å². The molecule has 0 bridgehead atoms. The van der Waals surface area contributed by atoms with Crippen LogP contribution in [0.4, 0.5) is 0 Å². The van der Waals surface area contributed by atoms with Crippen LogP contribution in [0.15, 0.2) is 23.1 Å². The van der Waals surface area contributed by atoms with Crippen LogP contribution in [0.3, 0.4) is 0 Å². The van der Waals surface area contributed by atoms with Gasteiger partial charge in [0.15, 0.2) is 5.82 Å². The first-order valence-electron chi connectivity index (χ1n) is 5.83. The van der Waals surface area contributed by atoms with Crippen molar-refractivity contribution in [2.24, 2.45) is 5.73 Å². The van der Waals surface area contributed by atoms with Crippen LogP contribution in [0.5, 0.6) is 0 Å². The van der Waals surface area contributed by atoms with Gasteiger partial charge >= 0.3 is 0 Å². The van der Waals surface area contributed by atoms with Crippen molar-refractivity contribution in [1.29, 1.82) is 0 Å². The fraction of sp³-hybridized carbons (Fsp3) is 0.333. The van der Waals surface area contributed by atoms with E-state index < -0.39 is 0 Å². The third kappa shape index (κ3) is 2.80. The van der Waals surface area contributed by atoms with E-state index >= 15 is 0 Å². The minimum atomic E-state index is -0.387. The van der Waals surface area contributed by atoms with Crippen molar-refractivity contribution in [3.05, 3.63) is 36.0 Å². The number of hydrogen-bond donors (Lipinski definition) is 1. The van der Waals surface area contributed by atoms with Gasteiger partial charge in [0.1, 0.15) is 0 Å². The molecule has 0 atom stereocenters. The van der Waals surface area contributed by atoms with Gasteiger partial charge in [0, 0.05) is 18.5 Å². The van der Waals surface area contributed by atoms with E-state index in [2.05, 4.69) is 20.1 Å². The summed E-state index contributed by atoms with van der Waals surface area (Å²) in [6, 6.07) is 0. The van der Waals surface area contributed by atoms with E-state index in [9.17, 15) is 0 Å². The van der Waals surface area contributed by atoms with E-state index in [-0.39, 0.29) is 17.9 Å². The van der Waals surface area contributed by atoms with Crippen molar-refractivity contribution in [1.82, 2.24) is 20.1 Å². The zero-order chi connectivity index (χ0) is 12.4. The van der Waals surface area contributed by atoms with Crippen LogP contribution >= 0.6 is 12.4 Å². The first kappa shape index (κ1) is 13.6. The normalized spacial score (nSPS) is 16.9. The number of aromatic nitrogens is 4. The van der Waals surface area contributed by atoms with Gasteiger partial charge in [-0.1, -0.05) is 5.16 Å². The van der Waals surface area contributed by atoms with E-state index in [4.69, 9.17) is 10.3 Å². The maximum absolute atomic E-state index is 6.11. The second-order valence-electron chi connectivity index (χ2n) is 4.43. The molecule has 1 saturated carbocycles. The summed E-state index contributed by atoms with van der Waals surface area (Å²) in [5.41, 5.74) is 6.47. The van der Waals surface area contributed by atoms with Crippen molar-refractivity contribution >= 4 is 24.6 Å².